The van der Waals surface area contributed by atoms with Crippen molar-refractivity contribution in [3.63, 3.8) is 0 Å². The lowest BCUT2D eigenvalue weighted by Gasteiger charge is -2.22. The monoisotopic (exact) mass is 503 g/mol. The van der Waals surface area contributed by atoms with Crippen LogP contribution < -0.4 is 21.7 Å². The zero-order chi connectivity index (χ0) is 26.8. The fourth-order valence-corrected chi connectivity index (χ4v) is 3.65. The molecule has 0 spiro atoms. The van der Waals surface area contributed by atoms with Crippen molar-refractivity contribution in [3.05, 3.63) is 36.0 Å². The van der Waals surface area contributed by atoms with Crippen molar-refractivity contribution in [2.75, 3.05) is 6.54 Å². The van der Waals surface area contributed by atoms with Gasteiger partial charge in [0.1, 0.15) is 12.1 Å². The van der Waals surface area contributed by atoms with Crippen LogP contribution in [0.2, 0.25) is 0 Å². The van der Waals surface area contributed by atoms with Gasteiger partial charge >= 0.3 is 11.9 Å². The topological polar surface area (TPSA) is 204 Å². The lowest BCUT2D eigenvalue weighted by Crippen LogP contribution is -2.54. The molecule has 0 saturated carbocycles. The van der Waals surface area contributed by atoms with Crippen LogP contribution >= 0.6 is 0 Å². The van der Waals surface area contributed by atoms with Gasteiger partial charge in [-0.3, -0.25) is 19.2 Å². The smallest absolute Gasteiger partial charge is 0.326 e. The summed E-state index contributed by atoms with van der Waals surface area (Å²) >= 11 is 0. The number of amides is 3. The van der Waals surface area contributed by atoms with E-state index in [2.05, 4.69) is 20.9 Å². The predicted molar refractivity (Wildman–Crippen MR) is 131 cm³/mol. The molecule has 0 bridgehead atoms. The van der Waals surface area contributed by atoms with Crippen LogP contribution in [-0.4, -0.2) is 69.5 Å². The molecule has 1 aromatic carbocycles. The van der Waals surface area contributed by atoms with Gasteiger partial charge < -0.3 is 36.9 Å². The van der Waals surface area contributed by atoms with E-state index in [0.717, 1.165) is 16.5 Å². The quantitative estimate of drug-likeness (QED) is 0.188. The largest absolute Gasteiger partial charge is 0.481 e. The number of carboxylic acids is 2. The van der Waals surface area contributed by atoms with E-state index in [1.165, 1.54) is 0 Å². The number of benzene rings is 1. The lowest BCUT2D eigenvalue weighted by atomic mass is 10.0. The Morgan fingerprint density at radius 1 is 1.00 bits per heavy atom. The number of nitrogens with one attached hydrogen (secondary N) is 4. The molecule has 1 aromatic heterocycles. The van der Waals surface area contributed by atoms with Crippen LogP contribution in [0.25, 0.3) is 10.9 Å². The van der Waals surface area contributed by atoms with Gasteiger partial charge in [-0.25, -0.2) is 4.79 Å². The standard InChI is InChI=1S/C24H33N5O7/c1-13(2)9-18(29-22(33)16(25)7-8-21(31)32)23(34)27-12-20(30)28-19(24(35)36)10-14-11-26-17-6-4-3-5-15(14)17/h3-6,11,13,16,18-19,26H,7-10,12,25H2,1-2H3,(H,27,34)(H,28,30)(H,29,33)(H,31,32)(H,35,36). The van der Waals surface area contributed by atoms with E-state index in [4.69, 9.17) is 10.8 Å². The average Bonchev–Trinajstić information content (AvgIpc) is 3.22. The van der Waals surface area contributed by atoms with Gasteiger partial charge in [0.25, 0.3) is 0 Å². The first kappa shape index (κ1) is 28.3. The third kappa shape index (κ3) is 8.69. The summed E-state index contributed by atoms with van der Waals surface area (Å²) in [5.74, 6) is -4.32. The number of aliphatic carboxylic acids is 2. The Bertz CT molecular complexity index is 1100. The molecule has 3 amide bonds. The number of carbonyl (C=O) groups excluding carboxylic acids is 3. The van der Waals surface area contributed by atoms with Crippen LogP contribution in [0.1, 0.15) is 38.7 Å². The molecule has 12 nitrogen and oxygen atoms in total. The highest BCUT2D eigenvalue weighted by Gasteiger charge is 2.26. The van der Waals surface area contributed by atoms with Gasteiger partial charge in [-0.15, -0.1) is 0 Å². The van der Waals surface area contributed by atoms with Gasteiger partial charge in [0, 0.05) is 29.9 Å². The van der Waals surface area contributed by atoms with Gasteiger partial charge in [0.2, 0.25) is 17.7 Å². The average molecular weight is 504 g/mol. The zero-order valence-corrected chi connectivity index (χ0v) is 20.2. The van der Waals surface area contributed by atoms with Crippen LogP contribution in [0.15, 0.2) is 30.5 Å². The first-order valence-electron chi connectivity index (χ1n) is 11.6. The highest BCUT2D eigenvalue weighted by molar-refractivity contribution is 5.93. The van der Waals surface area contributed by atoms with E-state index in [1.807, 2.05) is 38.1 Å². The summed E-state index contributed by atoms with van der Waals surface area (Å²) in [6, 6.07) is 4.06. The number of nitrogens with two attached hydrogens (primary N) is 1. The van der Waals surface area contributed by atoms with Crippen LogP contribution in [0.3, 0.4) is 0 Å². The number of fused-ring (bicyclic) bond motifs is 1. The highest BCUT2D eigenvalue weighted by atomic mass is 16.4. The normalized spacial score (nSPS) is 13.6. The molecule has 2 rings (SSSR count). The Labute approximate surface area is 208 Å². The molecule has 0 fully saturated rings. The van der Waals surface area contributed by atoms with Crippen molar-refractivity contribution in [1.29, 1.82) is 0 Å². The third-order valence-electron chi connectivity index (χ3n) is 5.50. The number of carbonyl (C=O) groups is 5. The van der Waals surface area contributed by atoms with Gasteiger partial charge in [-0.05, 0) is 30.4 Å². The van der Waals surface area contributed by atoms with Crippen molar-refractivity contribution in [2.24, 2.45) is 11.7 Å². The highest BCUT2D eigenvalue weighted by Crippen LogP contribution is 2.19. The molecule has 196 valence electrons. The van der Waals surface area contributed by atoms with Crippen molar-refractivity contribution in [3.8, 4) is 0 Å². The van der Waals surface area contributed by atoms with E-state index < -0.39 is 54.3 Å². The molecule has 0 aliphatic carbocycles. The van der Waals surface area contributed by atoms with Crippen molar-refractivity contribution < 1.29 is 34.2 Å². The Balaban J connectivity index is 1.94. The van der Waals surface area contributed by atoms with E-state index in [-0.39, 0.29) is 31.6 Å². The molecule has 0 saturated heterocycles. The van der Waals surface area contributed by atoms with Crippen molar-refractivity contribution in [2.45, 2.75) is 57.7 Å². The molecular weight excluding hydrogens is 470 g/mol. The summed E-state index contributed by atoms with van der Waals surface area (Å²) in [6.07, 6.45) is 1.60. The fourth-order valence-electron chi connectivity index (χ4n) is 3.65. The maximum Gasteiger partial charge on any atom is 0.326 e. The Kier molecular flexibility index (Phi) is 10.4. The van der Waals surface area contributed by atoms with Gasteiger partial charge in [0.15, 0.2) is 0 Å². The number of carboxylic acid groups (broad SMARTS) is 2. The number of aromatic nitrogens is 1. The molecule has 2 aromatic rings. The maximum atomic E-state index is 12.7. The second-order valence-corrected chi connectivity index (χ2v) is 8.97. The van der Waals surface area contributed by atoms with E-state index in [1.54, 1.807) is 6.20 Å². The molecule has 36 heavy (non-hydrogen) atoms. The lowest BCUT2D eigenvalue weighted by molar-refractivity contribution is -0.141. The first-order valence-corrected chi connectivity index (χ1v) is 11.6. The zero-order valence-electron chi connectivity index (χ0n) is 20.2. The van der Waals surface area contributed by atoms with Crippen LogP contribution in [-0.2, 0) is 30.4 Å². The first-order chi connectivity index (χ1) is 17.0. The number of rotatable bonds is 14. The molecule has 0 aliphatic rings. The minimum Gasteiger partial charge on any atom is -0.481 e. The molecular formula is C24H33N5O7. The minimum atomic E-state index is -1.22. The molecule has 12 heteroatoms. The fraction of sp³-hybridized carbons (Fsp3) is 0.458. The van der Waals surface area contributed by atoms with Crippen LogP contribution in [0.4, 0.5) is 0 Å². The third-order valence-corrected chi connectivity index (χ3v) is 5.50. The number of hydrogen-bond donors (Lipinski definition) is 7. The van der Waals surface area contributed by atoms with Gasteiger partial charge in [-0.1, -0.05) is 32.0 Å². The van der Waals surface area contributed by atoms with Gasteiger partial charge in [-0.2, -0.15) is 0 Å². The molecule has 1 heterocycles. The Hall–Kier alpha value is -3.93. The number of hydrogen-bond acceptors (Lipinski definition) is 6. The van der Waals surface area contributed by atoms with Crippen LogP contribution in [0.5, 0.6) is 0 Å². The summed E-state index contributed by atoms with van der Waals surface area (Å²) in [7, 11) is 0. The van der Waals surface area contributed by atoms with Crippen molar-refractivity contribution >= 4 is 40.6 Å². The molecule has 0 aliphatic heterocycles. The van der Waals surface area contributed by atoms with E-state index in [9.17, 15) is 29.1 Å². The minimum absolute atomic E-state index is 0.0117. The maximum absolute atomic E-state index is 12.7. The molecule has 0 radical (unpaired) electrons. The molecule has 3 unspecified atom stereocenters. The van der Waals surface area contributed by atoms with Crippen molar-refractivity contribution in [1.82, 2.24) is 20.9 Å². The number of para-hydroxylation sites is 1. The summed E-state index contributed by atoms with van der Waals surface area (Å²) in [5, 5.41) is 26.5. The number of aromatic amines is 1. The predicted octanol–water partition coefficient (Wildman–Crippen LogP) is 0.119. The Morgan fingerprint density at radius 2 is 1.69 bits per heavy atom. The number of H-pyrrole nitrogens is 1. The summed E-state index contributed by atoms with van der Waals surface area (Å²) in [5.41, 5.74) is 7.28. The molecule has 8 N–H and O–H groups in total. The summed E-state index contributed by atoms with van der Waals surface area (Å²) < 4.78 is 0. The van der Waals surface area contributed by atoms with E-state index >= 15 is 0 Å². The second-order valence-electron chi connectivity index (χ2n) is 8.97. The van der Waals surface area contributed by atoms with Gasteiger partial charge in [0.05, 0.1) is 12.6 Å². The second kappa shape index (κ2) is 13.2. The SMILES string of the molecule is CC(C)CC(NC(=O)C(N)CCC(=O)O)C(=O)NCC(=O)NC(Cc1c[nH]c2ccccc12)C(=O)O. The van der Waals surface area contributed by atoms with Crippen LogP contribution in [0, 0.1) is 5.92 Å². The summed E-state index contributed by atoms with van der Waals surface area (Å²) in [4.78, 5) is 62.9. The molecule has 3 atom stereocenters. The Morgan fingerprint density at radius 3 is 2.33 bits per heavy atom. The summed E-state index contributed by atoms with van der Waals surface area (Å²) in [6.45, 7) is 3.18. The van der Waals surface area contributed by atoms with E-state index in [0.29, 0.717) is 0 Å².